The minimum atomic E-state index is 0.185. The number of carbonyl (C=O) groups excluding carboxylic acids is 1. The lowest BCUT2D eigenvalue weighted by molar-refractivity contribution is -0.111. The van der Waals surface area contributed by atoms with Crippen LogP contribution in [0.4, 0.5) is 0 Å². The molecule has 0 rings (SSSR count). The van der Waals surface area contributed by atoms with Crippen molar-refractivity contribution in [3.05, 3.63) is 0 Å². The summed E-state index contributed by atoms with van der Waals surface area (Å²) in [6.07, 6.45) is 7.57. The summed E-state index contributed by atoms with van der Waals surface area (Å²) in [4.78, 5) is 12.8. The van der Waals surface area contributed by atoms with E-state index in [1.54, 1.807) is 6.26 Å². The summed E-state index contributed by atoms with van der Waals surface area (Å²) in [6, 6.07) is 0. The van der Waals surface area contributed by atoms with Gasteiger partial charge < -0.3 is 0 Å². The third-order valence-corrected chi connectivity index (χ3v) is 1.85. The third-order valence-electron chi connectivity index (χ3n) is 1.26. The summed E-state index contributed by atoms with van der Waals surface area (Å²) in [5, 5.41) is 0.185. The summed E-state index contributed by atoms with van der Waals surface area (Å²) in [5.74, 6) is 2.53. The van der Waals surface area contributed by atoms with E-state index in [0.29, 0.717) is 13.0 Å². The molecule has 0 aromatic carbocycles. The number of rotatable bonds is 4. The first-order chi connectivity index (χ1) is 5.20. The lowest BCUT2D eigenvalue weighted by Crippen LogP contribution is -2.25. The molecular weight excluding hydrogens is 158 g/mol. The van der Waals surface area contributed by atoms with Crippen LogP contribution in [0.15, 0.2) is 0 Å². The van der Waals surface area contributed by atoms with Crippen LogP contribution in [0.1, 0.15) is 6.42 Å². The summed E-state index contributed by atoms with van der Waals surface area (Å²) in [5.41, 5.74) is 0. The zero-order valence-electron chi connectivity index (χ0n) is 6.96. The van der Waals surface area contributed by atoms with Crippen molar-refractivity contribution in [1.82, 2.24) is 4.90 Å². The van der Waals surface area contributed by atoms with Crippen molar-refractivity contribution >= 4 is 16.9 Å². The molecule has 0 unspecified atom stereocenters. The van der Waals surface area contributed by atoms with Gasteiger partial charge >= 0.3 is 0 Å². The summed E-state index contributed by atoms with van der Waals surface area (Å²) in [7, 11) is 1.89. The molecule has 0 aliphatic carbocycles. The zero-order chi connectivity index (χ0) is 8.69. The van der Waals surface area contributed by atoms with Gasteiger partial charge in [-0.25, -0.2) is 0 Å². The van der Waals surface area contributed by atoms with Crippen LogP contribution in [0.25, 0.3) is 0 Å². The smallest absolute Gasteiger partial charge is 0.202 e. The Labute approximate surface area is 72.3 Å². The molecule has 0 amide bonds. The largest absolute Gasteiger partial charge is 0.297 e. The first-order valence-electron chi connectivity index (χ1n) is 3.39. The maximum Gasteiger partial charge on any atom is 0.202 e. The van der Waals surface area contributed by atoms with E-state index in [0.717, 1.165) is 6.54 Å². The van der Waals surface area contributed by atoms with Crippen LogP contribution in [0.5, 0.6) is 0 Å². The molecule has 0 saturated carbocycles. The molecule has 0 aliphatic rings. The van der Waals surface area contributed by atoms with E-state index in [2.05, 4.69) is 5.92 Å². The standard InChI is InChI=1S/C8H13NOS/c1-4-5-6-9(2)7-8(10)11-3/h1H,5-7H2,2-3H3. The zero-order valence-corrected chi connectivity index (χ0v) is 7.78. The molecule has 0 aromatic rings. The van der Waals surface area contributed by atoms with Gasteiger partial charge in [-0.1, -0.05) is 11.8 Å². The van der Waals surface area contributed by atoms with Gasteiger partial charge in [0, 0.05) is 13.0 Å². The average molecular weight is 171 g/mol. The topological polar surface area (TPSA) is 20.3 Å². The lowest BCUT2D eigenvalue weighted by Gasteiger charge is -2.12. The van der Waals surface area contributed by atoms with E-state index >= 15 is 0 Å². The van der Waals surface area contributed by atoms with Crippen LogP contribution in [-0.2, 0) is 4.79 Å². The molecule has 0 spiro atoms. The normalized spacial score (nSPS) is 9.64. The number of thioether (sulfide) groups is 1. The Bertz CT molecular complexity index is 162. The van der Waals surface area contributed by atoms with Crippen LogP contribution in [0.3, 0.4) is 0 Å². The quantitative estimate of drug-likeness (QED) is 0.584. The van der Waals surface area contributed by atoms with Gasteiger partial charge in [0.1, 0.15) is 0 Å². The fourth-order valence-electron chi connectivity index (χ4n) is 0.619. The Kier molecular flexibility index (Phi) is 6.00. The van der Waals surface area contributed by atoms with E-state index in [1.807, 2.05) is 11.9 Å². The van der Waals surface area contributed by atoms with Crippen molar-refractivity contribution in [1.29, 1.82) is 0 Å². The van der Waals surface area contributed by atoms with E-state index in [-0.39, 0.29) is 5.12 Å². The van der Waals surface area contributed by atoms with Crippen LogP contribution >= 0.6 is 11.8 Å². The molecule has 0 bridgehead atoms. The van der Waals surface area contributed by atoms with Crippen LogP contribution < -0.4 is 0 Å². The molecule has 0 radical (unpaired) electrons. The van der Waals surface area contributed by atoms with Gasteiger partial charge in [0.05, 0.1) is 6.54 Å². The van der Waals surface area contributed by atoms with Gasteiger partial charge in [0.2, 0.25) is 5.12 Å². The number of hydrogen-bond donors (Lipinski definition) is 0. The Hall–Kier alpha value is -0.460. The van der Waals surface area contributed by atoms with Crippen molar-refractivity contribution in [3.63, 3.8) is 0 Å². The molecule has 62 valence electrons. The molecule has 0 fully saturated rings. The average Bonchev–Trinajstić information content (AvgIpc) is 2.00. The Morgan fingerprint density at radius 3 is 2.82 bits per heavy atom. The molecule has 0 saturated heterocycles. The number of nitrogens with zero attached hydrogens (tertiary/aromatic N) is 1. The minimum absolute atomic E-state index is 0.185. The summed E-state index contributed by atoms with van der Waals surface area (Å²) >= 11 is 1.25. The van der Waals surface area contributed by atoms with Crippen molar-refractivity contribution in [2.24, 2.45) is 0 Å². The second-order valence-corrected chi connectivity index (χ2v) is 3.13. The number of terminal acetylenes is 1. The van der Waals surface area contributed by atoms with Crippen molar-refractivity contribution < 1.29 is 4.79 Å². The predicted molar refractivity (Wildman–Crippen MR) is 49.5 cm³/mol. The van der Waals surface area contributed by atoms with Gasteiger partial charge in [-0.15, -0.1) is 12.3 Å². The highest BCUT2D eigenvalue weighted by molar-refractivity contribution is 8.13. The number of hydrogen-bond acceptors (Lipinski definition) is 3. The van der Waals surface area contributed by atoms with Gasteiger partial charge in [-0.05, 0) is 13.3 Å². The second kappa shape index (κ2) is 6.26. The Balaban J connectivity index is 3.45. The van der Waals surface area contributed by atoms with Crippen LogP contribution in [0.2, 0.25) is 0 Å². The molecule has 0 atom stereocenters. The molecule has 0 aromatic heterocycles. The fraction of sp³-hybridized carbons (Fsp3) is 0.625. The van der Waals surface area contributed by atoms with Gasteiger partial charge in [-0.2, -0.15) is 0 Å². The number of likely N-dealkylation sites (N-methyl/N-ethyl adjacent to an activating group) is 1. The minimum Gasteiger partial charge on any atom is -0.297 e. The van der Waals surface area contributed by atoms with Gasteiger partial charge in [0.15, 0.2) is 0 Å². The molecule has 0 N–H and O–H groups in total. The fourth-order valence-corrected chi connectivity index (χ4v) is 0.969. The first kappa shape index (κ1) is 10.5. The first-order valence-corrected chi connectivity index (χ1v) is 4.62. The summed E-state index contributed by atoms with van der Waals surface area (Å²) in [6.45, 7) is 1.28. The van der Waals surface area contributed by atoms with Crippen molar-refractivity contribution in [2.75, 3.05) is 26.4 Å². The van der Waals surface area contributed by atoms with Crippen LogP contribution in [0, 0.1) is 12.3 Å². The molecular formula is C8H13NOS. The van der Waals surface area contributed by atoms with Gasteiger partial charge in [-0.3, -0.25) is 9.69 Å². The van der Waals surface area contributed by atoms with Gasteiger partial charge in [0.25, 0.3) is 0 Å². The van der Waals surface area contributed by atoms with E-state index in [1.165, 1.54) is 11.8 Å². The number of carbonyl (C=O) groups is 1. The monoisotopic (exact) mass is 171 g/mol. The third kappa shape index (κ3) is 5.96. The molecule has 2 nitrogen and oxygen atoms in total. The molecule has 0 heterocycles. The maximum absolute atomic E-state index is 10.9. The highest BCUT2D eigenvalue weighted by atomic mass is 32.2. The lowest BCUT2D eigenvalue weighted by atomic mass is 10.4. The molecule has 11 heavy (non-hydrogen) atoms. The highest BCUT2D eigenvalue weighted by Crippen LogP contribution is 1.96. The molecule has 3 heteroatoms. The van der Waals surface area contributed by atoms with Crippen LogP contribution in [-0.4, -0.2) is 36.4 Å². The summed E-state index contributed by atoms with van der Waals surface area (Å²) < 4.78 is 0. The Morgan fingerprint density at radius 2 is 2.36 bits per heavy atom. The van der Waals surface area contributed by atoms with Crippen molar-refractivity contribution in [3.8, 4) is 12.3 Å². The maximum atomic E-state index is 10.9. The van der Waals surface area contributed by atoms with E-state index in [4.69, 9.17) is 6.42 Å². The predicted octanol–water partition coefficient (Wildman–Crippen LogP) is 0.831. The molecule has 0 aliphatic heterocycles. The van der Waals surface area contributed by atoms with E-state index in [9.17, 15) is 4.79 Å². The SMILES string of the molecule is C#CCCN(C)CC(=O)SC. The van der Waals surface area contributed by atoms with Crippen molar-refractivity contribution in [2.45, 2.75) is 6.42 Å². The Morgan fingerprint density at radius 1 is 1.73 bits per heavy atom. The van der Waals surface area contributed by atoms with E-state index < -0.39 is 0 Å². The second-order valence-electron chi connectivity index (χ2n) is 2.27. The highest BCUT2D eigenvalue weighted by Gasteiger charge is 2.02.